The fraction of sp³-hybridized carbons (Fsp3) is 0.250. The van der Waals surface area contributed by atoms with Crippen LogP contribution in [-0.4, -0.2) is 26.4 Å². The summed E-state index contributed by atoms with van der Waals surface area (Å²) in [4.78, 5) is 3.75. The average molecular weight is 259 g/mol. The third-order valence-electron chi connectivity index (χ3n) is 1.58. The van der Waals surface area contributed by atoms with Crippen LogP contribution in [0.5, 0.6) is 5.75 Å². The molecule has 0 aromatic carbocycles. The third kappa shape index (κ3) is 2.20. The van der Waals surface area contributed by atoms with Crippen LogP contribution in [0.1, 0.15) is 11.8 Å². The van der Waals surface area contributed by atoms with E-state index in [0.29, 0.717) is 4.60 Å². The SMILES string of the molecule is N#CC(O)C(O)c1nc(Br)ccc1O. The molecule has 0 aliphatic heterocycles. The van der Waals surface area contributed by atoms with Crippen LogP contribution in [0, 0.1) is 11.3 Å². The zero-order valence-electron chi connectivity index (χ0n) is 6.92. The molecule has 6 heteroatoms. The maximum absolute atomic E-state index is 9.38. The lowest BCUT2D eigenvalue weighted by Gasteiger charge is -2.12. The molecule has 0 amide bonds. The van der Waals surface area contributed by atoms with E-state index in [-0.39, 0.29) is 11.4 Å². The number of nitrogens with zero attached hydrogens (tertiary/aromatic N) is 2. The number of nitriles is 1. The molecular formula is C8H7BrN2O3. The minimum Gasteiger partial charge on any atom is -0.506 e. The molecule has 0 saturated heterocycles. The van der Waals surface area contributed by atoms with E-state index in [9.17, 15) is 10.2 Å². The lowest BCUT2D eigenvalue weighted by molar-refractivity contribution is 0.0479. The minimum absolute atomic E-state index is 0.131. The highest BCUT2D eigenvalue weighted by Crippen LogP contribution is 2.25. The number of hydrogen-bond donors (Lipinski definition) is 3. The number of aliphatic hydroxyl groups is 2. The van der Waals surface area contributed by atoms with E-state index in [2.05, 4.69) is 20.9 Å². The monoisotopic (exact) mass is 258 g/mol. The Hall–Kier alpha value is -1.16. The highest BCUT2D eigenvalue weighted by Gasteiger charge is 2.22. The van der Waals surface area contributed by atoms with Crippen molar-refractivity contribution >= 4 is 15.9 Å². The molecule has 0 spiro atoms. The van der Waals surface area contributed by atoms with Crippen molar-refractivity contribution in [1.82, 2.24) is 4.98 Å². The molecule has 14 heavy (non-hydrogen) atoms. The zero-order valence-corrected chi connectivity index (χ0v) is 8.51. The number of halogens is 1. The summed E-state index contributed by atoms with van der Waals surface area (Å²) < 4.78 is 0.398. The first-order valence-corrected chi connectivity index (χ1v) is 4.46. The molecule has 1 aromatic rings. The molecule has 5 nitrogen and oxygen atoms in total. The lowest BCUT2D eigenvalue weighted by atomic mass is 10.1. The van der Waals surface area contributed by atoms with Gasteiger partial charge in [0, 0.05) is 0 Å². The molecule has 0 aliphatic rings. The minimum atomic E-state index is -1.61. The molecule has 1 rings (SSSR count). The summed E-state index contributed by atoms with van der Waals surface area (Å²) in [6.45, 7) is 0. The Morgan fingerprint density at radius 2 is 2.07 bits per heavy atom. The molecule has 1 heterocycles. The Kier molecular flexibility index (Phi) is 3.41. The second-order valence-electron chi connectivity index (χ2n) is 2.56. The molecule has 74 valence electrons. The van der Waals surface area contributed by atoms with Crippen LogP contribution in [0.15, 0.2) is 16.7 Å². The third-order valence-corrected chi connectivity index (χ3v) is 2.02. The van der Waals surface area contributed by atoms with Crippen molar-refractivity contribution in [2.45, 2.75) is 12.2 Å². The van der Waals surface area contributed by atoms with E-state index in [1.165, 1.54) is 18.2 Å². The molecule has 0 saturated carbocycles. The van der Waals surface area contributed by atoms with Gasteiger partial charge >= 0.3 is 0 Å². The van der Waals surface area contributed by atoms with Crippen LogP contribution in [0.3, 0.4) is 0 Å². The summed E-state index contributed by atoms with van der Waals surface area (Å²) in [5.41, 5.74) is -0.131. The van der Waals surface area contributed by atoms with Crippen molar-refractivity contribution < 1.29 is 15.3 Å². The van der Waals surface area contributed by atoms with E-state index in [1.807, 2.05) is 0 Å². The van der Waals surface area contributed by atoms with E-state index >= 15 is 0 Å². The van der Waals surface area contributed by atoms with Gasteiger partial charge in [0.15, 0.2) is 6.10 Å². The van der Waals surface area contributed by atoms with Gasteiger partial charge in [0.25, 0.3) is 0 Å². The fourth-order valence-corrected chi connectivity index (χ4v) is 1.20. The topological polar surface area (TPSA) is 97.4 Å². The smallest absolute Gasteiger partial charge is 0.172 e. The van der Waals surface area contributed by atoms with Gasteiger partial charge in [-0.1, -0.05) is 0 Å². The Labute approximate surface area is 88.4 Å². The average Bonchev–Trinajstić information content (AvgIpc) is 2.19. The predicted octanol–water partition coefficient (Wildman–Crippen LogP) is 0.468. The van der Waals surface area contributed by atoms with Crippen LogP contribution in [0.2, 0.25) is 0 Å². The molecule has 1 aromatic heterocycles. The Balaban J connectivity index is 3.07. The van der Waals surface area contributed by atoms with E-state index in [4.69, 9.17) is 10.4 Å². The highest BCUT2D eigenvalue weighted by atomic mass is 79.9. The molecule has 2 atom stereocenters. The predicted molar refractivity (Wildman–Crippen MR) is 50.2 cm³/mol. The largest absolute Gasteiger partial charge is 0.506 e. The second-order valence-corrected chi connectivity index (χ2v) is 3.37. The van der Waals surface area contributed by atoms with Crippen LogP contribution in [0.4, 0.5) is 0 Å². The summed E-state index contributed by atoms with van der Waals surface area (Å²) in [7, 11) is 0. The Morgan fingerprint density at radius 1 is 1.43 bits per heavy atom. The normalized spacial score (nSPS) is 14.4. The van der Waals surface area contributed by atoms with Crippen molar-refractivity contribution in [2.24, 2.45) is 0 Å². The van der Waals surface area contributed by atoms with Gasteiger partial charge in [-0.15, -0.1) is 0 Å². The number of aliphatic hydroxyl groups excluding tert-OH is 2. The van der Waals surface area contributed by atoms with Crippen molar-refractivity contribution in [3.63, 3.8) is 0 Å². The van der Waals surface area contributed by atoms with Gasteiger partial charge in [-0.05, 0) is 28.1 Å². The van der Waals surface area contributed by atoms with Crippen molar-refractivity contribution in [2.75, 3.05) is 0 Å². The second kappa shape index (κ2) is 4.37. The Morgan fingerprint density at radius 3 is 2.64 bits per heavy atom. The van der Waals surface area contributed by atoms with Gasteiger partial charge in [0.1, 0.15) is 22.2 Å². The standard InChI is InChI=1S/C8H7BrN2O3/c9-6-2-1-4(12)7(11-6)8(14)5(13)3-10/h1-2,5,8,12-14H. The summed E-state index contributed by atoms with van der Waals surface area (Å²) in [5.74, 6) is -0.269. The summed E-state index contributed by atoms with van der Waals surface area (Å²) in [6.07, 6.45) is -3.12. The quantitative estimate of drug-likeness (QED) is 0.529. The van der Waals surface area contributed by atoms with Gasteiger partial charge in [0.05, 0.1) is 6.07 Å². The molecule has 0 aliphatic carbocycles. The van der Waals surface area contributed by atoms with Crippen LogP contribution < -0.4 is 0 Å². The molecule has 0 fully saturated rings. The number of rotatable bonds is 2. The maximum atomic E-state index is 9.38. The van der Waals surface area contributed by atoms with Crippen LogP contribution in [0.25, 0.3) is 0 Å². The van der Waals surface area contributed by atoms with Gasteiger partial charge < -0.3 is 15.3 Å². The van der Waals surface area contributed by atoms with Gasteiger partial charge in [0.2, 0.25) is 0 Å². The van der Waals surface area contributed by atoms with Gasteiger partial charge in [-0.2, -0.15) is 5.26 Å². The van der Waals surface area contributed by atoms with E-state index < -0.39 is 12.2 Å². The number of aromatic hydroxyl groups is 1. The summed E-state index contributed by atoms with van der Waals surface area (Å²) in [5, 5.41) is 36.0. The molecule has 2 unspecified atom stereocenters. The first-order valence-electron chi connectivity index (χ1n) is 3.67. The van der Waals surface area contributed by atoms with Crippen LogP contribution in [-0.2, 0) is 0 Å². The maximum Gasteiger partial charge on any atom is 0.172 e. The van der Waals surface area contributed by atoms with Gasteiger partial charge in [-0.3, -0.25) is 0 Å². The fourth-order valence-electron chi connectivity index (χ4n) is 0.880. The first-order chi connectivity index (χ1) is 6.56. The number of pyridine rings is 1. The van der Waals surface area contributed by atoms with E-state index in [0.717, 1.165) is 0 Å². The number of hydrogen-bond acceptors (Lipinski definition) is 5. The molecule has 0 bridgehead atoms. The van der Waals surface area contributed by atoms with Gasteiger partial charge in [-0.25, -0.2) is 4.98 Å². The lowest BCUT2D eigenvalue weighted by Crippen LogP contribution is -2.17. The number of aromatic nitrogens is 1. The zero-order chi connectivity index (χ0) is 10.7. The first kappa shape index (κ1) is 10.9. The van der Waals surface area contributed by atoms with Crippen molar-refractivity contribution in [1.29, 1.82) is 5.26 Å². The highest BCUT2D eigenvalue weighted by molar-refractivity contribution is 9.10. The van der Waals surface area contributed by atoms with Crippen molar-refractivity contribution in [3.05, 3.63) is 22.4 Å². The summed E-state index contributed by atoms with van der Waals surface area (Å²) >= 11 is 3.04. The molecule has 3 N–H and O–H groups in total. The van der Waals surface area contributed by atoms with Crippen LogP contribution >= 0.6 is 15.9 Å². The summed E-state index contributed by atoms with van der Waals surface area (Å²) in [6, 6.07) is 4.23. The van der Waals surface area contributed by atoms with E-state index in [1.54, 1.807) is 0 Å². The Bertz CT molecular complexity index is 377. The van der Waals surface area contributed by atoms with Crippen molar-refractivity contribution in [3.8, 4) is 11.8 Å². The molecular weight excluding hydrogens is 252 g/mol. The molecule has 0 radical (unpaired) electrons.